The van der Waals surface area contributed by atoms with E-state index in [0.717, 1.165) is 22.5 Å². The van der Waals surface area contributed by atoms with Crippen molar-refractivity contribution in [2.45, 2.75) is 11.1 Å². The smallest absolute Gasteiger partial charge is 0.353 e. The fourth-order valence-corrected chi connectivity index (χ4v) is 4.88. The normalized spacial score (nSPS) is 16.2. The van der Waals surface area contributed by atoms with E-state index in [-0.39, 0.29) is 31.6 Å². The van der Waals surface area contributed by atoms with Gasteiger partial charge in [0.1, 0.15) is 18.0 Å². The Bertz CT molecular complexity index is 1190. The molecule has 0 bridgehead atoms. The number of rotatable bonds is 3. The van der Waals surface area contributed by atoms with Crippen LogP contribution in [0.3, 0.4) is 0 Å². The monoisotopic (exact) mass is 440 g/mol. The van der Waals surface area contributed by atoms with Gasteiger partial charge in [0.15, 0.2) is 0 Å². The first-order valence-electron chi connectivity index (χ1n) is 8.99. The van der Waals surface area contributed by atoms with Gasteiger partial charge in [0.2, 0.25) is 10.0 Å². The molecule has 0 unspecified atom stereocenters. The van der Waals surface area contributed by atoms with E-state index in [4.69, 9.17) is 0 Å². The molecule has 0 spiro atoms. The average Bonchev–Trinajstić information content (AvgIpc) is 2.73. The molecule has 0 saturated carbocycles. The SMILES string of the molecule is O=S(=O)(c1cccc(C(F)(F)F)c1)N1CCN(c2ncnc3cccc(F)c23)CC1. The third-order valence-corrected chi connectivity index (χ3v) is 6.82. The van der Waals surface area contributed by atoms with Crippen LogP contribution in [0, 0.1) is 5.82 Å². The summed E-state index contributed by atoms with van der Waals surface area (Å²) in [4.78, 5) is 9.53. The van der Waals surface area contributed by atoms with E-state index in [0.29, 0.717) is 17.4 Å². The minimum Gasteiger partial charge on any atom is -0.353 e. The van der Waals surface area contributed by atoms with E-state index in [1.807, 2.05) is 0 Å². The van der Waals surface area contributed by atoms with Gasteiger partial charge in [-0.2, -0.15) is 17.5 Å². The maximum absolute atomic E-state index is 14.3. The molecule has 1 aliphatic heterocycles. The highest BCUT2D eigenvalue weighted by atomic mass is 32.2. The number of hydrogen-bond donors (Lipinski definition) is 0. The van der Waals surface area contributed by atoms with Gasteiger partial charge in [-0.1, -0.05) is 12.1 Å². The van der Waals surface area contributed by atoms with Crippen LogP contribution in [0.25, 0.3) is 10.9 Å². The molecule has 2 heterocycles. The molecular weight excluding hydrogens is 424 g/mol. The van der Waals surface area contributed by atoms with E-state index < -0.39 is 32.5 Å². The topological polar surface area (TPSA) is 66.4 Å². The summed E-state index contributed by atoms with van der Waals surface area (Å²) in [6.07, 6.45) is -3.33. The summed E-state index contributed by atoms with van der Waals surface area (Å²) in [5.41, 5.74) is -0.593. The molecule has 2 aromatic carbocycles. The van der Waals surface area contributed by atoms with Crippen molar-refractivity contribution in [2.75, 3.05) is 31.1 Å². The number of halogens is 4. The Balaban J connectivity index is 1.57. The van der Waals surface area contributed by atoms with Crippen molar-refractivity contribution < 1.29 is 26.0 Å². The Kier molecular flexibility index (Phi) is 5.10. The van der Waals surface area contributed by atoms with Gasteiger partial charge in [-0.25, -0.2) is 22.8 Å². The zero-order chi connectivity index (χ0) is 21.5. The summed E-state index contributed by atoms with van der Waals surface area (Å²) >= 11 is 0. The third kappa shape index (κ3) is 3.70. The second kappa shape index (κ2) is 7.47. The molecule has 0 aliphatic carbocycles. The fraction of sp³-hybridized carbons (Fsp3) is 0.263. The Morgan fingerprint density at radius 3 is 2.33 bits per heavy atom. The molecule has 0 atom stereocenters. The molecule has 158 valence electrons. The van der Waals surface area contributed by atoms with Gasteiger partial charge in [-0.3, -0.25) is 0 Å². The lowest BCUT2D eigenvalue weighted by Gasteiger charge is -2.35. The second-order valence-electron chi connectivity index (χ2n) is 6.75. The van der Waals surface area contributed by atoms with Crippen molar-refractivity contribution in [3.8, 4) is 0 Å². The molecule has 1 aromatic heterocycles. The molecule has 0 N–H and O–H groups in total. The third-order valence-electron chi connectivity index (χ3n) is 4.93. The summed E-state index contributed by atoms with van der Waals surface area (Å²) in [6.45, 7) is 0.467. The van der Waals surface area contributed by atoms with E-state index in [1.165, 1.54) is 18.5 Å². The maximum atomic E-state index is 14.3. The first kappa shape index (κ1) is 20.5. The fourth-order valence-electron chi connectivity index (χ4n) is 3.41. The van der Waals surface area contributed by atoms with Gasteiger partial charge in [0.05, 0.1) is 21.4 Å². The van der Waals surface area contributed by atoms with Crippen LogP contribution in [-0.4, -0.2) is 48.9 Å². The van der Waals surface area contributed by atoms with Crippen LogP contribution >= 0.6 is 0 Å². The lowest BCUT2D eigenvalue weighted by Crippen LogP contribution is -2.49. The van der Waals surface area contributed by atoms with Gasteiger partial charge in [0.25, 0.3) is 0 Å². The molecular formula is C19H16F4N4O2S. The minimum atomic E-state index is -4.64. The van der Waals surface area contributed by atoms with Crippen LogP contribution in [0.5, 0.6) is 0 Å². The first-order chi connectivity index (χ1) is 14.2. The van der Waals surface area contributed by atoms with Crippen LogP contribution in [-0.2, 0) is 16.2 Å². The summed E-state index contributed by atoms with van der Waals surface area (Å²) in [5.74, 6) is -0.128. The van der Waals surface area contributed by atoms with Gasteiger partial charge < -0.3 is 4.90 Å². The second-order valence-corrected chi connectivity index (χ2v) is 8.69. The summed E-state index contributed by atoms with van der Waals surface area (Å²) in [6, 6.07) is 8.16. The largest absolute Gasteiger partial charge is 0.416 e. The van der Waals surface area contributed by atoms with Gasteiger partial charge >= 0.3 is 6.18 Å². The Labute approximate surface area is 169 Å². The molecule has 30 heavy (non-hydrogen) atoms. The van der Waals surface area contributed by atoms with E-state index in [9.17, 15) is 26.0 Å². The standard InChI is InChI=1S/C19H16F4N4O2S/c20-15-5-2-6-16-17(15)18(25-12-24-16)26-7-9-27(10-8-26)30(28,29)14-4-1-3-13(11-14)19(21,22)23/h1-6,11-12H,7-10H2. The summed E-state index contributed by atoms with van der Waals surface area (Å²) in [5, 5.41) is 0.245. The molecule has 4 rings (SSSR count). The Morgan fingerprint density at radius 2 is 1.63 bits per heavy atom. The zero-order valence-corrected chi connectivity index (χ0v) is 16.3. The number of benzene rings is 2. The Morgan fingerprint density at radius 1 is 0.933 bits per heavy atom. The quantitative estimate of drug-likeness (QED) is 0.585. The molecule has 1 aliphatic rings. The maximum Gasteiger partial charge on any atom is 0.416 e. The van der Waals surface area contributed by atoms with Crippen molar-refractivity contribution in [1.29, 1.82) is 0 Å². The van der Waals surface area contributed by atoms with Crippen molar-refractivity contribution in [3.05, 3.63) is 60.2 Å². The number of piperazine rings is 1. The highest BCUT2D eigenvalue weighted by molar-refractivity contribution is 7.89. The predicted molar refractivity (Wildman–Crippen MR) is 102 cm³/mol. The number of hydrogen-bond acceptors (Lipinski definition) is 5. The van der Waals surface area contributed by atoms with Crippen molar-refractivity contribution in [2.24, 2.45) is 0 Å². The molecule has 6 nitrogen and oxygen atoms in total. The van der Waals surface area contributed by atoms with Gasteiger partial charge in [0, 0.05) is 26.2 Å². The molecule has 1 fully saturated rings. The minimum absolute atomic E-state index is 0.0263. The number of anilines is 1. The van der Waals surface area contributed by atoms with Crippen molar-refractivity contribution in [1.82, 2.24) is 14.3 Å². The lowest BCUT2D eigenvalue weighted by molar-refractivity contribution is -0.137. The van der Waals surface area contributed by atoms with Crippen LogP contribution in [0.15, 0.2) is 53.7 Å². The number of nitrogens with zero attached hydrogens (tertiary/aromatic N) is 4. The van der Waals surface area contributed by atoms with Gasteiger partial charge in [-0.15, -0.1) is 0 Å². The molecule has 3 aromatic rings. The lowest BCUT2D eigenvalue weighted by atomic mass is 10.2. The highest BCUT2D eigenvalue weighted by Crippen LogP contribution is 2.32. The van der Waals surface area contributed by atoms with E-state index in [1.54, 1.807) is 11.0 Å². The van der Waals surface area contributed by atoms with E-state index >= 15 is 0 Å². The molecule has 11 heteroatoms. The summed E-state index contributed by atoms with van der Waals surface area (Å²) < 4.78 is 79.9. The highest BCUT2D eigenvalue weighted by Gasteiger charge is 2.34. The van der Waals surface area contributed by atoms with Gasteiger partial charge in [-0.05, 0) is 30.3 Å². The van der Waals surface area contributed by atoms with Crippen LogP contribution in [0.4, 0.5) is 23.4 Å². The number of aromatic nitrogens is 2. The van der Waals surface area contributed by atoms with Crippen LogP contribution < -0.4 is 4.90 Å². The molecule has 0 radical (unpaired) electrons. The van der Waals surface area contributed by atoms with Crippen LogP contribution in [0.2, 0.25) is 0 Å². The van der Waals surface area contributed by atoms with Crippen molar-refractivity contribution in [3.63, 3.8) is 0 Å². The predicted octanol–water partition coefficient (Wildman–Crippen LogP) is 3.30. The van der Waals surface area contributed by atoms with Crippen molar-refractivity contribution >= 4 is 26.7 Å². The molecule has 0 amide bonds. The summed E-state index contributed by atoms with van der Waals surface area (Å²) in [7, 11) is -4.10. The number of alkyl halides is 3. The Hall–Kier alpha value is -2.79. The van der Waals surface area contributed by atoms with E-state index in [2.05, 4.69) is 9.97 Å². The average molecular weight is 440 g/mol. The molecule has 1 saturated heterocycles. The van der Waals surface area contributed by atoms with Crippen LogP contribution in [0.1, 0.15) is 5.56 Å². The first-order valence-corrected chi connectivity index (χ1v) is 10.4. The number of fused-ring (bicyclic) bond motifs is 1. The zero-order valence-electron chi connectivity index (χ0n) is 15.5. The number of sulfonamides is 1.